The number of urea groups is 1. The Morgan fingerprint density at radius 3 is 2.70 bits per heavy atom. The minimum absolute atomic E-state index is 0.107. The Labute approximate surface area is 124 Å². The van der Waals surface area contributed by atoms with Crippen molar-refractivity contribution in [2.45, 2.75) is 13.5 Å². The van der Waals surface area contributed by atoms with Crippen LogP contribution in [0, 0.1) is 11.7 Å². The van der Waals surface area contributed by atoms with Gasteiger partial charge in [0.15, 0.2) is 0 Å². The van der Waals surface area contributed by atoms with E-state index in [1.165, 1.54) is 24.9 Å². The van der Waals surface area contributed by atoms with Crippen LogP contribution < -0.4 is 5.32 Å². The molecular weight excluding hydrogens is 331 g/mol. The molecule has 2 N–H and O–H groups in total. The van der Waals surface area contributed by atoms with E-state index in [4.69, 9.17) is 5.11 Å². The highest BCUT2D eigenvalue weighted by atomic mass is 79.9. The third-order valence-corrected chi connectivity index (χ3v) is 3.39. The SMILES string of the molecule is CC(CN(C)C(=O)NCc1ccc(Br)c(F)c1)C(=O)O. The number of carbonyl (C=O) groups is 2. The molecule has 0 fully saturated rings. The van der Waals surface area contributed by atoms with E-state index in [9.17, 15) is 14.0 Å². The topological polar surface area (TPSA) is 69.6 Å². The van der Waals surface area contributed by atoms with Gasteiger partial charge >= 0.3 is 12.0 Å². The third-order valence-electron chi connectivity index (χ3n) is 2.74. The van der Waals surface area contributed by atoms with E-state index < -0.39 is 23.7 Å². The lowest BCUT2D eigenvalue weighted by Gasteiger charge is -2.20. The average Bonchev–Trinajstić information content (AvgIpc) is 2.39. The fourth-order valence-electron chi connectivity index (χ4n) is 1.53. The Balaban J connectivity index is 2.50. The van der Waals surface area contributed by atoms with Crippen LogP contribution in [0.5, 0.6) is 0 Å². The minimum Gasteiger partial charge on any atom is -0.481 e. The van der Waals surface area contributed by atoms with Crippen LogP contribution in [-0.2, 0) is 11.3 Å². The highest BCUT2D eigenvalue weighted by Gasteiger charge is 2.17. The van der Waals surface area contributed by atoms with Gasteiger partial charge in [0.25, 0.3) is 0 Å². The zero-order chi connectivity index (χ0) is 15.3. The number of nitrogens with zero attached hydrogens (tertiary/aromatic N) is 1. The molecule has 0 saturated heterocycles. The molecule has 1 aromatic rings. The first-order valence-corrected chi connectivity index (χ1v) is 6.76. The molecule has 2 amide bonds. The first kappa shape index (κ1) is 16.4. The number of aliphatic carboxylic acids is 1. The first-order valence-electron chi connectivity index (χ1n) is 5.97. The number of amides is 2. The van der Waals surface area contributed by atoms with E-state index in [2.05, 4.69) is 21.2 Å². The van der Waals surface area contributed by atoms with Gasteiger partial charge in [0.2, 0.25) is 0 Å². The van der Waals surface area contributed by atoms with Crippen molar-refractivity contribution < 1.29 is 19.1 Å². The van der Waals surface area contributed by atoms with Crippen LogP contribution >= 0.6 is 15.9 Å². The van der Waals surface area contributed by atoms with E-state index in [1.807, 2.05) is 0 Å². The van der Waals surface area contributed by atoms with Gasteiger partial charge in [0.05, 0.1) is 10.4 Å². The molecule has 0 aliphatic heterocycles. The summed E-state index contributed by atoms with van der Waals surface area (Å²) in [4.78, 5) is 23.7. The van der Waals surface area contributed by atoms with E-state index in [0.29, 0.717) is 10.0 Å². The second kappa shape index (κ2) is 7.23. The zero-order valence-electron chi connectivity index (χ0n) is 11.2. The molecule has 0 radical (unpaired) electrons. The van der Waals surface area contributed by atoms with Crippen molar-refractivity contribution in [3.05, 3.63) is 34.1 Å². The Hall–Kier alpha value is -1.63. The van der Waals surface area contributed by atoms with Gasteiger partial charge in [-0.15, -0.1) is 0 Å². The minimum atomic E-state index is -0.959. The van der Waals surface area contributed by atoms with Crippen molar-refractivity contribution in [1.29, 1.82) is 0 Å². The zero-order valence-corrected chi connectivity index (χ0v) is 12.8. The third kappa shape index (κ3) is 4.80. The van der Waals surface area contributed by atoms with E-state index >= 15 is 0 Å². The van der Waals surface area contributed by atoms with E-state index in [1.54, 1.807) is 12.1 Å². The summed E-state index contributed by atoms with van der Waals surface area (Å²) in [7, 11) is 1.51. The van der Waals surface area contributed by atoms with Crippen LogP contribution in [0.1, 0.15) is 12.5 Å². The summed E-state index contributed by atoms with van der Waals surface area (Å²) >= 11 is 3.05. The van der Waals surface area contributed by atoms with Crippen LogP contribution in [0.25, 0.3) is 0 Å². The highest BCUT2D eigenvalue weighted by molar-refractivity contribution is 9.10. The molecule has 110 valence electrons. The highest BCUT2D eigenvalue weighted by Crippen LogP contribution is 2.16. The molecule has 7 heteroatoms. The predicted molar refractivity (Wildman–Crippen MR) is 75.8 cm³/mol. The molecule has 20 heavy (non-hydrogen) atoms. The van der Waals surface area contributed by atoms with Crippen molar-refractivity contribution in [3.8, 4) is 0 Å². The summed E-state index contributed by atoms with van der Waals surface area (Å²) in [5.41, 5.74) is 0.624. The summed E-state index contributed by atoms with van der Waals surface area (Å²) in [5, 5.41) is 11.4. The predicted octanol–water partition coefficient (Wildman–Crippen LogP) is 2.45. The normalized spacial score (nSPS) is 11.8. The van der Waals surface area contributed by atoms with Crippen LogP contribution in [0.4, 0.5) is 9.18 Å². The molecule has 0 bridgehead atoms. The molecule has 0 heterocycles. The van der Waals surface area contributed by atoms with Gasteiger partial charge in [-0.25, -0.2) is 9.18 Å². The lowest BCUT2D eigenvalue weighted by molar-refractivity contribution is -0.141. The number of halogens is 2. The fraction of sp³-hybridized carbons (Fsp3) is 0.385. The summed E-state index contributed by atoms with van der Waals surface area (Å²) in [6, 6.07) is 4.17. The van der Waals surface area contributed by atoms with Gasteiger partial charge in [-0.3, -0.25) is 4.79 Å². The maximum absolute atomic E-state index is 13.3. The largest absolute Gasteiger partial charge is 0.481 e. The van der Waals surface area contributed by atoms with E-state index in [-0.39, 0.29) is 13.1 Å². The first-order chi connectivity index (χ1) is 9.31. The molecule has 1 atom stereocenters. The number of hydrogen-bond acceptors (Lipinski definition) is 2. The number of benzene rings is 1. The number of nitrogens with one attached hydrogen (secondary N) is 1. The van der Waals surface area contributed by atoms with E-state index in [0.717, 1.165) is 0 Å². The lowest BCUT2D eigenvalue weighted by atomic mass is 10.2. The molecule has 0 aliphatic carbocycles. The summed E-state index contributed by atoms with van der Waals surface area (Å²) in [6.07, 6.45) is 0. The van der Waals surface area contributed by atoms with Crippen molar-refractivity contribution in [2.75, 3.05) is 13.6 Å². The second-order valence-electron chi connectivity index (χ2n) is 4.53. The molecule has 0 aliphatic rings. The maximum atomic E-state index is 13.3. The molecule has 1 unspecified atom stereocenters. The molecule has 0 saturated carbocycles. The van der Waals surface area contributed by atoms with Gasteiger partial charge in [-0.05, 0) is 33.6 Å². The van der Waals surface area contributed by atoms with Crippen LogP contribution in [-0.4, -0.2) is 35.6 Å². The lowest BCUT2D eigenvalue weighted by Crippen LogP contribution is -2.40. The number of rotatable bonds is 5. The monoisotopic (exact) mass is 346 g/mol. The molecule has 1 rings (SSSR count). The van der Waals surface area contributed by atoms with Gasteiger partial charge < -0.3 is 15.3 Å². The Kier molecular flexibility index (Phi) is 5.94. The van der Waals surface area contributed by atoms with Gasteiger partial charge in [0, 0.05) is 20.1 Å². The van der Waals surface area contributed by atoms with Crippen molar-refractivity contribution in [2.24, 2.45) is 5.92 Å². The van der Waals surface area contributed by atoms with Crippen molar-refractivity contribution in [1.82, 2.24) is 10.2 Å². The Morgan fingerprint density at radius 1 is 1.50 bits per heavy atom. The fourth-order valence-corrected chi connectivity index (χ4v) is 1.78. The molecule has 0 spiro atoms. The van der Waals surface area contributed by atoms with Crippen LogP contribution in [0.2, 0.25) is 0 Å². The maximum Gasteiger partial charge on any atom is 0.317 e. The standard InChI is InChI=1S/C13H16BrFN2O3/c1-8(12(18)19)7-17(2)13(20)16-6-9-3-4-10(14)11(15)5-9/h3-5,8H,6-7H2,1-2H3,(H,16,20)(H,18,19). The van der Waals surface area contributed by atoms with Gasteiger partial charge in [-0.1, -0.05) is 13.0 Å². The summed E-state index contributed by atoms with van der Waals surface area (Å²) < 4.78 is 13.6. The van der Waals surface area contributed by atoms with Crippen LogP contribution in [0.15, 0.2) is 22.7 Å². The van der Waals surface area contributed by atoms with Gasteiger partial charge in [0.1, 0.15) is 5.82 Å². The second-order valence-corrected chi connectivity index (χ2v) is 5.38. The molecule has 5 nitrogen and oxygen atoms in total. The number of carbonyl (C=O) groups excluding carboxylic acids is 1. The molecule has 0 aromatic heterocycles. The number of carboxylic acid groups (broad SMARTS) is 1. The number of carboxylic acids is 1. The summed E-state index contributed by atoms with van der Waals surface area (Å²) in [6.45, 7) is 1.81. The molecule has 1 aromatic carbocycles. The van der Waals surface area contributed by atoms with Crippen LogP contribution in [0.3, 0.4) is 0 Å². The smallest absolute Gasteiger partial charge is 0.317 e. The average molecular weight is 347 g/mol. The Morgan fingerprint density at radius 2 is 2.15 bits per heavy atom. The molecular formula is C13H16BrFN2O3. The quantitative estimate of drug-likeness (QED) is 0.860. The number of hydrogen-bond donors (Lipinski definition) is 2. The Bertz CT molecular complexity index is 510. The summed E-state index contributed by atoms with van der Waals surface area (Å²) in [5.74, 6) is -2.00. The van der Waals surface area contributed by atoms with Crippen molar-refractivity contribution >= 4 is 27.9 Å². The van der Waals surface area contributed by atoms with Crippen molar-refractivity contribution in [3.63, 3.8) is 0 Å². The van der Waals surface area contributed by atoms with Gasteiger partial charge in [-0.2, -0.15) is 0 Å².